The largest absolute Gasteiger partial charge is 0.478 e. The van der Waals surface area contributed by atoms with Crippen LogP contribution in [0.5, 0.6) is 11.5 Å². The molecule has 4 heterocycles. The van der Waals surface area contributed by atoms with Crippen molar-refractivity contribution in [2.45, 2.75) is 57.1 Å². The van der Waals surface area contributed by atoms with Gasteiger partial charge >= 0.3 is 5.97 Å². The molecule has 2 saturated heterocycles. The zero-order valence-corrected chi connectivity index (χ0v) is 23.9. The number of hydrogen-bond donors (Lipinski definition) is 1. The van der Waals surface area contributed by atoms with Crippen LogP contribution in [0, 0.1) is 5.82 Å². The number of hydrogen-bond acceptors (Lipinski definition) is 6. The van der Waals surface area contributed by atoms with Crippen LogP contribution in [0.3, 0.4) is 0 Å². The molecule has 3 aliphatic rings. The van der Waals surface area contributed by atoms with Gasteiger partial charge in [0.15, 0.2) is 11.5 Å². The van der Waals surface area contributed by atoms with Crippen LogP contribution in [0.2, 0.25) is 5.02 Å². The van der Waals surface area contributed by atoms with Crippen molar-refractivity contribution in [3.63, 3.8) is 0 Å². The molecule has 0 amide bonds. The summed E-state index contributed by atoms with van der Waals surface area (Å²) in [4.78, 5) is 18.9. The smallest absolute Gasteiger partial charge is 0.335 e. The molecule has 2 unspecified atom stereocenters. The van der Waals surface area contributed by atoms with E-state index in [0.29, 0.717) is 35.2 Å². The summed E-state index contributed by atoms with van der Waals surface area (Å²) in [6, 6.07) is 15.5. The van der Waals surface area contributed by atoms with Gasteiger partial charge in [0.05, 0.1) is 41.4 Å². The fraction of sp³-hybridized carbons (Fsp3) is 0.375. The van der Waals surface area contributed by atoms with Gasteiger partial charge in [0.25, 0.3) is 5.79 Å². The van der Waals surface area contributed by atoms with Crippen molar-refractivity contribution in [1.29, 1.82) is 0 Å². The molecule has 2 fully saturated rings. The molecule has 0 aliphatic carbocycles. The fourth-order valence-corrected chi connectivity index (χ4v) is 6.46. The molecule has 3 aromatic carbocycles. The number of fused-ring (bicyclic) bond motifs is 2. The first-order valence-electron chi connectivity index (χ1n) is 14.3. The lowest BCUT2D eigenvalue weighted by molar-refractivity contribution is -0.0712. The molecule has 2 atom stereocenters. The number of rotatable bonds is 7. The SMILES string of the molecule is CC1(c2ccc(Cl)cc2F)Oc2cccc(C3CCN(Cc4nc5ccc(C(=O)O)cc5n4CC4CCO4)CC3)c2O1. The number of halogens is 2. The van der Waals surface area contributed by atoms with E-state index in [0.717, 1.165) is 61.4 Å². The Bertz CT molecular complexity index is 1680. The van der Waals surface area contributed by atoms with Gasteiger partial charge in [-0.3, -0.25) is 4.90 Å². The summed E-state index contributed by atoms with van der Waals surface area (Å²) in [5, 5.41) is 9.85. The third-order valence-corrected chi connectivity index (χ3v) is 8.91. The Morgan fingerprint density at radius 3 is 2.64 bits per heavy atom. The van der Waals surface area contributed by atoms with Gasteiger partial charge in [0.2, 0.25) is 0 Å². The molecule has 8 nitrogen and oxygen atoms in total. The van der Waals surface area contributed by atoms with Crippen LogP contribution in [0.4, 0.5) is 4.39 Å². The minimum Gasteiger partial charge on any atom is -0.478 e. The second-order valence-electron chi connectivity index (χ2n) is 11.4. The number of aromatic nitrogens is 2. The van der Waals surface area contributed by atoms with Crippen molar-refractivity contribution in [2.24, 2.45) is 0 Å². The maximum absolute atomic E-state index is 14.8. The van der Waals surface area contributed by atoms with Crippen LogP contribution >= 0.6 is 11.6 Å². The molecule has 0 spiro atoms. The molecule has 0 bridgehead atoms. The minimum atomic E-state index is -1.28. The number of carboxylic acids is 1. The van der Waals surface area contributed by atoms with Crippen LogP contribution < -0.4 is 9.47 Å². The highest BCUT2D eigenvalue weighted by Gasteiger charge is 2.43. The first-order valence-corrected chi connectivity index (χ1v) is 14.7. The summed E-state index contributed by atoms with van der Waals surface area (Å²) in [7, 11) is 0. The summed E-state index contributed by atoms with van der Waals surface area (Å²) in [5.74, 6) is -0.242. The maximum atomic E-state index is 14.8. The van der Waals surface area contributed by atoms with E-state index in [1.807, 2.05) is 12.1 Å². The summed E-state index contributed by atoms with van der Waals surface area (Å²) in [6.45, 7) is 5.53. The number of carbonyl (C=O) groups is 1. The lowest BCUT2D eigenvalue weighted by Crippen LogP contribution is -2.35. The number of benzene rings is 3. The third kappa shape index (κ3) is 4.89. The van der Waals surface area contributed by atoms with E-state index >= 15 is 0 Å². The molecule has 1 N–H and O–H groups in total. The van der Waals surface area contributed by atoms with Gasteiger partial charge in [0.1, 0.15) is 11.6 Å². The molecule has 4 aromatic rings. The first-order chi connectivity index (χ1) is 20.3. The molecule has 42 heavy (non-hydrogen) atoms. The second-order valence-corrected chi connectivity index (χ2v) is 11.9. The number of aromatic carboxylic acids is 1. The van der Waals surface area contributed by atoms with Crippen molar-refractivity contribution in [2.75, 3.05) is 19.7 Å². The van der Waals surface area contributed by atoms with E-state index in [-0.39, 0.29) is 17.6 Å². The van der Waals surface area contributed by atoms with Crippen LogP contribution in [0.25, 0.3) is 11.0 Å². The Labute approximate surface area is 247 Å². The van der Waals surface area contributed by atoms with E-state index < -0.39 is 17.6 Å². The number of likely N-dealkylation sites (tertiary alicyclic amines) is 1. The Balaban J connectivity index is 1.08. The monoisotopic (exact) mass is 591 g/mol. The molecule has 0 radical (unpaired) electrons. The Morgan fingerprint density at radius 2 is 1.93 bits per heavy atom. The summed E-state index contributed by atoms with van der Waals surface area (Å²) >= 11 is 5.97. The van der Waals surface area contributed by atoms with Gasteiger partial charge in [-0.2, -0.15) is 0 Å². The van der Waals surface area contributed by atoms with Crippen LogP contribution in [-0.2, 0) is 23.6 Å². The van der Waals surface area contributed by atoms with E-state index in [1.165, 1.54) is 6.07 Å². The summed E-state index contributed by atoms with van der Waals surface area (Å²) in [6.07, 6.45) is 2.94. The van der Waals surface area contributed by atoms with Gasteiger partial charge < -0.3 is 23.9 Å². The topological polar surface area (TPSA) is 86.1 Å². The molecular formula is C32H31ClFN3O5. The second kappa shape index (κ2) is 10.6. The van der Waals surface area contributed by atoms with Crippen molar-refractivity contribution >= 4 is 28.6 Å². The number of piperidine rings is 1. The number of para-hydroxylation sites is 1. The van der Waals surface area contributed by atoms with Gasteiger partial charge in [-0.25, -0.2) is 14.2 Å². The third-order valence-electron chi connectivity index (χ3n) is 8.68. The van der Waals surface area contributed by atoms with Crippen LogP contribution in [-0.4, -0.2) is 51.3 Å². The lowest BCUT2D eigenvalue weighted by Gasteiger charge is -2.33. The lowest BCUT2D eigenvalue weighted by atomic mass is 9.88. The average molecular weight is 592 g/mol. The number of ether oxygens (including phenoxy) is 3. The minimum absolute atomic E-state index is 0.120. The number of nitrogens with zero attached hydrogens (tertiary/aromatic N) is 3. The Kier molecular flexibility index (Phi) is 6.84. The molecule has 218 valence electrons. The van der Waals surface area contributed by atoms with Crippen LogP contribution in [0.15, 0.2) is 54.6 Å². The van der Waals surface area contributed by atoms with E-state index in [9.17, 15) is 14.3 Å². The van der Waals surface area contributed by atoms with Crippen LogP contribution in [0.1, 0.15) is 59.4 Å². The normalized spacial score (nSPS) is 22.4. The highest BCUT2D eigenvalue weighted by atomic mass is 35.5. The highest BCUT2D eigenvalue weighted by molar-refractivity contribution is 6.30. The molecule has 0 saturated carbocycles. The quantitative estimate of drug-likeness (QED) is 0.268. The van der Waals surface area contributed by atoms with E-state index in [4.69, 9.17) is 30.8 Å². The highest BCUT2D eigenvalue weighted by Crippen LogP contribution is 2.49. The zero-order valence-electron chi connectivity index (χ0n) is 23.2. The fourth-order valence-electron chi connectivity index (χ4n) is 6.30. The van der Waals surface area contributed by atoms with Gasteiger partial charge in [0, 0.05) is 24.1 Å². The summed E-state index contributed by atoms with van der Waals surface area (Å²) < 4.78 is 35.2. The number of carboxylic acid groups (broad SMARTS) is 1. The first kappa shape index (κ1) is 27.2. The van der Waals surface area contributed by atoms with Crippen molar-refractivity contribution in [1.82, 2.24) is 14.5 Å². The van der Waals surface area contributed by atoms with Crippen molar-refractivity contribution in [3.05, 3.63) is 88.0 Å². The van der Waals surface area contributed by atoms with Crippen molar-refractivity contribution in [3.8, 4) is 11.5 Å². The van der Waals surface area contributed by atoms with Crippen molar-refractivity contribution < 1.29 is 28.5 Å². The summed E-state index contributed by atoms with van der Waals surface area (Å²) in [5.41, 5.74) is 3.24. The molecule has 3 aliphatic heterocycles. The maximum Gasteiger partial charge on any atom is 0.335 e. The molecule has 7 rings (SSSR count). The Morgan fingerprint density at radius 1 is 1.12 bits per heavy atom. The van der Waals surface area contributed by atoms with Gasteiger partial charge in [-0.1, -0.05) is 23.7 Å². The zero-order chi connectivity index (χ0) is 29.0. The van der Waals surface area contributed by atoms with E-state index in [1.54, 1.807) is 37.3 Å². The standard InChI is InChI=1S/C32H31ClFN3O5/c1-32(24-7-6-21(33)16-25(24)34)41-28-4-2-3-23(30(28)42-32)19-9-12-36(13-10-19)18-29-35-26-8-5-20(31(38)39)15-27(26)37(29)17-22-11-14-40-22/h2-8,15-16,19,22H,9-14,17-18H2,1H3,(H,38,39). The van der Waals surface area contributed by atoms with Gasteiger partial charge in [-0.05, 0) is 80.7 Å². The average Bonchev–Trinajstić information content (AvgIpc) is 3.47. The predicted molar refractivity (Wildman–Crippen MR) is 155 cm³/mol. The predicted octanol–water partition coefficient (Wildman–Crippen LogP) is 6.34. The molecule has 10 heteroatoms. The molecule has 1 aromatic heterocycles. The van der Waals surface area contributed by atoms with Gasteiger partial charge in [-0.15, -0.1) is 0 Å². The molecular weight excluding hydrogens is 561 g/mol. The Hall–Kier alpha value is -3.66. The number of imidazole rings is 1. The van der Waals surface area contributed by atoms with E-state index in [2.05, 4.69) is 15.5 Å².